The summed E-state index contributed by atoms with van der Waals surface area (Å²) in [5.41, 5.74) is 1.72. The van der Waals surface area contributed by atoms with Crippen molar-refractivity contribution in [2.45, 2.75) is 44.9 Å². The third-order valence-electron chi connectivity index (χ3n) is 11.6. The molecule has 0 saturated carbocycles. The maximum atomic E-state index is 13.5. The standard InChI is InChI=1S/C26H17ClN6O5S2.C23H21ClN6O4S2/c1-26(2)22(34)31(15-6-10-19(28-3)18(27)12-15)25(39)32(26)16-7-11-21-20(13-16)29-23(40-21)30-24(35)38-17-8-4-14(5-9-17)33(36)37;1-23(2)19(33)29(12-4-6-16(25-3)15(24)8-12)22(35)30(23)13-5-7-18-17(9-13)27-21(36-18)28-20(34)26-10-14(32)11-31/h4-13H,1-2H3,(H,29,30,35);4-9,14,31-32H,10-11H2,1-2H3,(H2,26,27,28,34). The Balaban J connectivity index is 0.000000203. The number of aliphatic hydroxyl groups is 2. The van der Waals surface area contributed by atoms with E-state index in [1.807, 2.05) is 18.2 Å². The molecule has 7 aromatic rings. The highest BCUT2D eigenvalue weighted by Gasteiger charge is 2.51. The van der Waals surface area contributed by atoms with Crippen LogP contribution in [-0.2, 0) is 9.59 Å². The van der Waals surface area contributed by atoms with Gasteiger partial charge in [-0.2, -0.15) is 0 Å². The molecule has 2 fully saturated rings. The van der Waals surface area contributed by atoms with Crippen molar-refractivity contribution in [1.29, 1.82) is 0 Å². The number of nitro groups is 1. The van der Waals surface area contributed by atoms with Gasteiger partial charge >= 0.3 is 12.1 Å². The summed E-state index contributed by atoms with van der Waals surface area (Å²) in [6.07, 6.45) is -1.86. The first kappa shape index (κ1) is 54.3. The van der Waals surface area contributed by atoms with Crippen LogP contribution in [0.4, 0.5) is 59.7 Å². The summed E-state index contributed by atoms with van der Waals surface area (Å²) in [6, 6.07) is 24.8. The van der Waals surface area contributed by atoms with Gasteiger partial charge in [0, 0.05) is 40.1 Å². The smallest absolute Gasteiger partial charge is 0.410 e. The zero-order valence-corrected chi connectivity index (χ0v) is 44.7. The lowest BCUT2D eigenvalue weighted by Crippen LogP contribution is -2.44. The maximum absolute atomic E-state index is 13.5. The average molecular weight is 1140 g/mol. The number of aliphatic hydroxyl groups excluding tert-OH is 2. The fourth-order valence-electron chi connectivity index (χ4n) is 7.85. The number of fused-ring (bicyclic) bond motifs is 2. The van der Waals surface area contributed by atoms with Crippen LogP contribution in [0.25, 0.3) is 30.1 Å². The van der Waals surface area contributed by atoms with Crippen LogP contribution < -0.4 is 40.3 Å². The van der Waals surface area contributed by atoms with E-state index in [1.54, 1.807) is 86.0 Å². The minimum absolute atomic E-state index is 0.102. The molecular formula is C49H38Cl2N12O9S4. The molecule has 5 amide bonds. The van der Waals surface area contributed by atoms with E-state index in [0.717, 1.165) is 9.40 Å². The highest BCUT2D eigenvalue weighted by atomic mass is 35.5. The van der Waals surface area contributed by atoms with Gasteiger partial charge in [-0.25, -0.2) is 29.2 Å². The Labute approximate surface area is 460 Å². The second-order valence-corrected chi connectivity index (χ2v) is 21.0. The Morgan fingerprint density at radius 2 is 1.20 bits per heavy atom. The minimum atomic E-state index is -1.05. The summed E-state index contributed by atoms with van der Waals surface area (Å²) >= 11 is 26.3. The quantitative estimate of drug-likeness (QED) is 0.0350. The first-order valence-electron chi connectivity index (χ1n) is 22.2. The number of ether oxygens (including phenoxy) is 1. The number of halogens is 2. The monoisotopic (exact) mass is 1140 g/mol. The number of nitrogens with zero attached hydrogens (tertiary/aromatic N) is 9. The van der Waals surface area contributed by atoms with Crippen molar-refractivity contribution in [1.82, 2.24) is 15.3 Å². The minimum Gasteiger partial charge on any atom is -0.410 e. The number of aromatic nitrogens is 2. The topological polar surface area (TPSA) is 245 Å². The summed E-state index contributed by atoms with van der Waals surface area (Å²) in [5, 5.41) is 38.2. The summed E-state index contributed by atoms with van der Waals surface area (Å²) < 4.78 is 6.75. The van der Waals surface area contributed by atoms with Gasteiger partial charge in [0.2, 0.25) is 11.4 Å². The van der Waals surface area contributed by atoms with Crippen LogP contribution in [0.15, 0.2) is 97.1 Å². The van der Waals surface area contributed by atoms with E-state index in [9.17, 15) is 34.4 Å². The molecule has 76 heavy (non-hydrogen) atoms. The van der Waals surface area contributed by atoms with Crippen LogP contribution >= 0.6 is 70.3 Å². The van der Waals surface area contributed by atoms with E-state index in [0.29, 0.717) is 38.9 Å². The number of nitro benzene ring substituents is 1. The van der Waals surface area contributed by atoms with Gasteiger partial charge in [-0.3, -0.25) is 40.1 Å². The van der Waals surface area contributed by atoms with Crippen LogP contribution in [0.3, 0.4) is 0 Å². The number of rotatable bonds is 11. The van der Waals surface area contributed by atoms with E-state index in [2.05, 4.69) is 35.6 Å². The zero-order valence-electron chi connectivity index (χ0n) is 39.9. The number of thiazole rings is 2. The number of thiocarbonyl (C=S) groups is 2. The fourth-order valence-corrected chi connectivity index (χ4v) is 11.0. The highest BCUT2D eigenvalue weighted by Crippen LogP contribution is 2.42. The lowest BCUT2D eigenvalue weighted by Gasteiger charge is -2.29. The van der Waals surface area contributed by atoms with Gasteiger partial charge in [-0.15, -0.1) is 0 Å². The predicted molar refractivity (Wildman–Crippen MR) is 301 cm³/mol. The Morgan fingerprint density at radius 1 is 0.750 bits per heavy atom. The van der Waals surface area contributed by atoms with Gasteiger partial charge in [0.05, 0.1) is 62.6 Å². The third-order valence-corrected chi connectivity index (χ3v) is 14.9. The van der Waals surface area contributed by atoms with E-state index in [4.69, 9.17) is 70.6 Å². The van der Waals surface area contributed by atoms with Crippen LogP contribution in [0.1, 0.15) is 27.7 Å². The number of benzene rings is 5. The molecule has 2 aliphatic rings. The summed E-state index contributed by atoms with van der Waals surface area (Å²) in [5.74, 6) is -0.379. The van der Waals surface area contributed by atoms with Crippen molar-refractivity contribution in [2.24, 2.45) is 0 Å². The molecule has 2 aromatic heterocycles. The lowest BCUT2D eigenvalue weighted by molar-refractivity contribution is -0.384. The Hall–Kier alpha value is -7.98. The first-order chi connectivity index (χ1) is 36.0. The zero-order chi connectivity index (χ0) is 55.0. The highest BCUT2D eigenvalue weighted by molar-refractivity contribution is 7.81. The maximum Gasteiger partial charge on any atom is 0.418 e. The van der Waals surface area contributed by atoms with Crippen molar-refractivity contribution < 1.29 is 39.1 Å². The van der Waals surface area contributed by atoms with E-state index in [1.165, 1.54) is 62.8 Å². The number of nitrogens with one attached hydrogen (secondary N) is 3. The Morgan fingerprint density at radius 3 is 1.62 bits per heavy atom. The third kappa shape index (κ3) is 10.8. The number of hydrogen-bond acceptors (Lipinski definition) is 15. The van der Waals surface area contributed by atoms with E-state index < -0.39 is 40.8 Å². The molecule has 0 aliphatic carbocycles. The molecule has 5 aromatic carbocycles. The molecule has 386 valence electrons. The number of non-ortho nitro benzene ring substituents is 1. The molecule has 1 atom stereocenters. The summed E-state index contributed by atoms with van der Waals surface area (Å²) in [6.45, 7) is 20.8. The molecule has 4 heterocycles. The van der Waals surface area contributed by atoms with E-state index >= 15 is 0 Å². The predicted octanol–water partition coefficient (Wildman–Crippen LogP) is 10.8. The summed E-state index contributed by atoms with van der Waals surface area (Å²) in [4.78, 5) is 83.4. The molecule has 1 unspecified atom stereocenters. The van der Waals surface area contributed by atoms with Gasteiger partial charge < -0.3 is 30.1 Å². The SMILES string of the molecule is [C-]#[N+]c1ccc(N2C(=O)C(C)(C)N(c3ccc4sc(NC(=O)NCC(O)CO)nc4c3)C2=S)cc1Cl.[C-]#[N+]c1ccc(N2C(=O)C(C)(C)N(c3ccc4sc(NC(=O)Oc5ccc([N+](=O)[O-])cc5)nc4c3)C2=S)cc1Cl. The van der Waals surface area contributed by atoms with Crippen molar-refractivity contribution in [3.8, 4) is 5.75 Å². The molecule has 0 radical (unpaired) electrons. The number of carbonyl (C=O) groups excluding carboxylic acids is 4. The second kappa shape index (κ2) is 21.7. The molecular weight excluding hydrogens is 1100 g/mol. The van der Waals surface area contributed by atoms with Crippen molar-refractivity contribution in [3.63, 3.8) is 0 Å². The van der Waals surface area contributed by atoms with Gasteiger partial charge in [-0.05, 0) is 125 Å². The molecule has 9 rings (SSSR count). The molecule has 0 spiro atoms. The van der Waals surface area contributed by atoms with Gasteiger partial charge in [0.25, 0.3) is 17.5 Å². The van der Waals surface area contributed by atoms with Gasteiger partial charge in [-0.1, -0.05) is 58.0 Å². The average Bonchev–Trinajstić information content (AvgIpc) is 4.08. The van der Waals surface area contributed by atoms with Crippen molar-refractivity contribution >= 4 is 175 Å². The Kier molecular flexibility index (Phi) is 15.5. The number of carbonyl (C=O) groups is 4. The van der Waals surface area contributed by atoms with E-state index in [-0.39, 0.29) is 66.6 Å². The molecule has 21 nitrogen and oxygen atoms in total. The number of anilines is 6. The Bertz CT molecular complexity index is 3650. The van der Waals surface area contributed by atoms with Crippen LogP contribution in [-0.4, -0.2) is 89.6 Å². The first-order valence-corrected chi connectivity index (χ1v) is 25.4. The number of amides is 5. The van der Waals surface area contributed by atoms with Crippen molar-refractivity contribution in [3.05, 3.63) is 140 Å². The second-order valence-electron chi connectivity index (χ2n) is 17.4. The largest absolute Gasteiger partial charge is 0.418 e. The normalized spacial score (nSPS) is 15.0. The number of hydrogen-bond donors (Lipinski definition) is 5. The molecule has 0 bridgehead atoms. The van der Waals surface area contributed by atoms with Gasteiger partial charge in [0.1, 0.15) is 16.8 Å². The number of urea groups is 1. The molecule has 27 heteroatoms. The van der Waals surface area contributed by atoms with Crippen LogP contribution in [0.5, 0.6) is 5.75 Å². The molecule has 2 saturated heterocycles. The summed E-state index contributed by atoms with van der Waals surface area (Å²) in [7, 11) is 0. The van der Waals surface area contributed by atoms with Gasteiger partial charge in [0.15, 0.2) is 20.5 Å². The lowest BCUT2D eigenvalue weighted by atomic mass is 10.0. The molecule has 5 N–H and O–H groups in total. The fraction of sp³-hybridized carbons (Fsp3) is 0.184. The van der Waals surface area contributed by atoms with Crippen LogP contribution in [0, 0.1) is 23.3 Å². The molecule has 2 aliphatic heterocycles. The van der Waals surface area contributed by atoms with Crippen molar-refractivity contribution in [2.75, 3.05) is 43.4 Å². The van der Waals surface area contributed by atoms with Crippen LogP contribution in [0.2, 0.25) is 10.0 Å².